The second-order valence-corrected chi connectivity index (χ2v) is 8.26. The quantitative estimate of drug-likeness (QED) is 0.255. The minimum absolute atomic E-state index is 0.0501. The number of hydrogen-bond acceptors (Lipinski definition) is 4. The number of nitrogens with one attached hydrogen (secondary N) is 1. The van der Waals surface area contributed by atoms with E-state index in [0.717, 1.165) is 10.9 Å². The van der Waals surface area contributed by atoms with E-state index in [4.69, 9.17) is 21.0 Å². The van der Waals surface area contributed by atoms with Crippen molar-refractivity contribution in [2.45, 2.75) is 32.9 Å². The van der Waals surface area contributed by atoms with Crippen LogP contribution in [-0.2, 0) is 17.8 Å². The fourth-order valence-electron chi connectivity index (χ4n) is 3.94. The number of amidine groups is 1. The van der Waals surface area contributed by atoms with Gasteiger partial charge in [0.1, 0.15) is 29.7 Å². The zero-order valence-corrected chi connectivity index (χ0v) is 18.9. The first-order chi connectivity index (χ1) is 16.3. The highest BCUT2D eigenvalue weighted by Gasteiger charge is 2.18. The monoisotopic (exact) mass is 460 g/mol. The Bertz CT molecular complexity index is 1390. The van der Waals surface area contributed by atoms with E-state index >= 15 is 4.39 Å². The van der Waals surface area contributed by atoms with Crippen LogP contribution in [0.25, 0.3) is 22.0 Å². The lowest BCUT2D eigenvalue weighted by atomic mass is 9.99. The van der Waals surface area contributed by atoms with E-state index in [1.807, 2.05) is 36.7 Å². The molecule has 0 spiro atoms. The third kappa shape index (κ3) is 4.47. The molecule has 0 atom stereocenters. The maximum absolute atomic E-state index is 15.0. The van der Waals surface area contributed by atoms with Gasteiger partial charge in [0.15, 0.2) is 0 Å². The predicted molar refractivity (Wildman–Crippen MR) is 129 cm³/mol. The van der Waals surface area contributed by atoms with Crippen molar-refractivity contribution < 1.29 is 19.0 Å². The number of benzene rings is 3. The molecule has 34 heavy (non-hydrogen) atoms. The van der Waals surface area contributed by atoms with E-state index in [9.17, 15) is 9.90 Å². The zero-order valence-electron chi connectivity index (χ0n) is 18.9. The summed E-state index contributed by atoms with van der Waals surface area (Å²) in [5.41, 5.74) is 8.65. The van der Waals surface area contributed by atoms with Gasteiger partial charge in [-0.2, -0.15) is 5.10 Å². The summed E-state index contributed by atoms with van der Waals surface area (Å²) in [4.78, 5) is 11.2. The van der Waals surface area contributed by atoms with Crippen molar-refractivity contribution in [2.75, 3.05) is 0 Å². The summed E-state index contributed by atoms with van der Waals surface area (Å²) in [6.45, 7) is 4.15. The number of carboxylic acid groups (broad SMARTS) is 1. The van der Waals surface area contributed by atoms with Gasteiger partial charge in [-0.3, -0.25) is 14.9 Å². The van der Waals surface area contributed by atoms with Crippen LogP contribution in [0.15, 0.2) is 60.7 Å². The van der Waals surface area contributed by atoms with Crippen molar-refractivity contribution in [3.05, 3.63) is 83.3 Å². The maximum Gasteiger partial charge on any atom is 0.307 e. The van der Waals surface area contributed by atoms with E-state index < -0.39 is 11.8 Å². The van der Waals surface area contributed by atoms with Gasteiger partial charge >= 0.3 is 5.97 Å². The number of hydrogen-bond donors (Lipinski definition) is 3. The zero-order chi connectivity index (χ0) is 24.4. The van der Waals surface area contributed by atoms with E-state index in [0.29, 0.717) is 28.1 Å². The van der Waals surface area contributed by atoms with Crippen LogP contribution in [-0.4, -0.2) is 26.7 Å². The average molecular weight is 461 g/mol. The summed E-state index contributed by atoms with van der Waals surface area (Å²) in [6, 6.07) is 17.4. The second-order valence-electron chi connectivity index (χ2n) is 8.26. The van der Waals surface area contributed by atoms with Gasteiger partial charge in [-0.15, -0.1) is 0 Å². The lowest BCUT2D eigenvalue weighted by molar-refractivity contribution is -0.136. The standard InChI is InChI=1S/C26H25FN4O3/c1-15(2)31-22-11-10-16(18-7-5-8-19(25(18)27)26(28)29)12-20(22)21(30-31)14-34-23-9-4-3-6-17(23)13-24(32)33/h3-12,15H,13-14H2,1-2H3,(H3,28,29)(H,32,33). The number of aliphatic carboxylic acids is 1. The summed E-state index contributed by atoms with van der Waals surface area (Å²) < 4.78 is 22.9. The molecule has 0 fully saturated rings. The van der Waals surface area contributed by atoms with Gasteiger partial charge < -0.3 is 15.6 Å². The smallest absolute Gasteiger partial charge is 0.307 e. The molecule has 0 saturated carbocycles. The highest BCUT2D eigenvalue weighted by molar-refractivity contribution is 5.97. The van der Waals surface area contributed by atoms with Crippen molar-refractivity contribution in [2.24, 2.45) is 5.73 Å². The Hall–Kier alpha value is -4.20. The third-order valence-corrected chi connectivity index (χ3v) is 5.55. The molecule has 0 aliphatic carbocycles. The van der Waals surface area contributed by atoms with Crippen molar-refractivity contribution in [3.8, 4) is 16.9 Å². The number of aromatic nitrogens is 2. The number of rotatable bonds is 8. The number of halogens is 1. The van der Waals surface area contributed by atoms with Crippen molar-refractivity contribution in [1.29, 1.82) is 5.41 Å². The van der Waals surface area contributed by atoms with Gasteiger partial charge in [0.2, 0.25) is 0 Å². The number of nitrogen functional groups attached to an aromatic ring is 1. The number of fused-ring (bicyclic) bond motifs is 1. The highest BCUT2D eigenvalue weighted by atomic mass is 19.1. The summed E-state index contributed by atoms with van der Waals surface area (Å²) in [5.74, 6) is -1.34. The lowest BCUT2D eigenvalue weighted by Crippen LogP contribution is -2.13. The maximum atomic E-state index is 15.0. The summed E-state index contributed by atoms with van der Waals surface area (Å²) in [5, 5.41) is 22.3. The Balaban J connectivity index is 1.76. The lowest BCUT2D eigenvalue weighted by Gasteiger charge is -2.10. The van der Waals surface area contributed by atoms with Gasteiger partial charge in [0, 0.05) is 22.6 Å². The van der Waals surface area contributed by atoms with E-state index in [1.54, 1.807) is 36.4 Å². The van der Waals surface area contributed by atoms with Crippen LogP contribution in [0.4, 0.5) is 4.39 Å². The molecule has 4 rings (SSSR count). The Morgan fingerprint density at radius 3 is 2.65 bits per heavy atom. The molecule has 0 aliphatic heterocycles. The van der Waals surface area contributed by atoms with Gasteiger partial charge in [0.25, 0.3) is 0 Å². The number of carboxylic acids is 1. The Kier molecular flexibility index (Phi) is 6.32. The molecule has 0 bridgehead atoms. The fraction of sp³-hybridized carbons (Fsp3) is 0.192. The highest BCUT2D eigenvalue weighted by Crippen LogP contribution is 2.31. The molecule has 0 saturated heterocycles. The SMILES string of the molecule is CC(C)n1nc(COc2ccccc2CC(=O)O)c2cc(-c3cccc(C(=N)N)c3F)ccc21. The largest absolute Gasteiger partial charge is 0.487 e. The molecule has 8 heteroatoms. The molecule has 1 heterocycles. The Morgan fingerprint density at radius 1 is 1.18 bits per heavy atom. The molecular weight excluding hydrogens is 435 g/mol. The normalized spacial score (nSPS) is 11.2. The molecule has 7 nitrogen and oxygen atoms in total. The Labute approximate surface area is 196 Å². The minimum Gasteiger partial charge on any atom is -0.487 e. The molecule has 4 N–H and O–H groups in total. The van der Waals surface area contributed by atoms with Gasteiger partial charge in [-0.05, 0) is 43.7 Å². The topological polar surface area (TPSA) is 114 Å². The first-order valence-corrected chi connectivity index (χ1v) is 10.8. The van der Waals surface area contributed by atoms with Crippen LogP contribution >= 0.6 is 0 Å². The number of ether oxygens (including phenoxy) is 1. The second kappa shape index (κ2) is 9.35. The van der Waals surface area contributed by atoms with Crippen molar-refractivity contribution in [3.63, 3.8) is 0 Å². The molecule has 4 aromatic rings. The number of nitrogens with two attached hydrogens (primary N) is 1. The fourth-order valence-corrected chi connectivity index (χ4v) is 3.94. The van der Waals surface area contributed by atoms with Crippen LogP contribution < -0.4 is 10.5 Å². The molecule has 1 aromatic heterocycles. The van der Waals surface area contributed by atoms with Crippen LogP contribution in [0.2, 0.25) is 0 Å². The van der Waals surface area contributed by atoms with Crippen LogP contribution in [0.1, 0.15) is 36.7 Å². The third-order valence-electron chi connectivity index (χ3n) is 5.55. The number of carbonyl (C=O) groups is 1. The van der Waals surface area contributed by atoms with E-state index in [1.165, 1.54) is 6.07 Å². The van der Waals surface area contributed by atoms with Gasteiger partial charge in [0.05, 0.1) is 17.5 Å². The molecule has 0 radical (unpaired) electrons. The molecule has 174 valence electrons. The number of para-hydroxylation sites is 1. The van der Waals surface area contributed by atoms with Crippen LogP contribution in [0.5, 0.6) is 5.75 Å². The molecule has 0 amide bonds. The first kappa shape index (κ1) is 23.0. The average Bonchev–Trinajstić information content (AvgIpc) is 3.16. The van der Waals surface area contributed by atoms with Crippen LogP contribution in [0.3, 0.4) is 0 Å². The van der Waals surface area contributed by atoms with Crippen LogP contribution in [0, 0.1) is 11.2 Å². The van der Waals surface area contributed by atoms with E-state index in [-0.39, 0.29) is 30.5 Å². The summed E-state index contributed by atoms with van der Waals surface area (Å²) in [6.07, 6.45) is -0.146. The Morgan fingerprint density at radius 2 is 1.94 bits per heavy atom. The van der Waals surface area contributed by atoms with E-state index in [2.05, 4.69) is 0 Å². The van der Waals surface area contributed by atoms with Gasteiger partial charge in [-0.1, -0.05) is 36.4 Å². The molecule has 3 aromatic carbocycles. The minimum atomic E-state index is -0.940. The summed E-state index contributed by atoms with van der Waals surface area (Å²) in [7, 11) is 0. The predicted octanol–water partition coefficient (Wildman–Crippen LogP) is 4.91. The van der Waals surface area contributed by atoms with Crippen molar-refractivity contribution in [1.82, 2.24) is 9.78 Å². The summed E-state index contributed by atoms with van der Waals surface area (Å²) >= 11 is 0. The molecule has 0 aliphatic rings. The molecule has 0 unspecified atom stereocenters. The molecular formula is C26H25FN4O3. The first-order valence-electron chi connectivity index (χ1n) is 10.8. The van der Waals surface area contributed by atoms with Gasteiger partial charge in [-0.25, -0.2) is 4.39 Å². The van der Waals surface area contributed by atoms with Crippen molar-refractivity contribution >= 4 is 22.7 Å². The number of nitrogens with zero attached hydrogens (tertiary/aromatic N) is 2.